The lowest BCUT2D eigenvalue weighted by Gasteiger charge is -2.18. The van der Waals surface area contributed by atoms with Crippen LogP contribution in [0.4, 0.5) is 0 Å². The van der Waals surface area contributed by atoms with Crippen LogP contribution in [0.15, 0.2) is 78.9 Å². The van der Waals surface area contributed by atoms with E-state index < -0.39 is 25.5 Å². The Morgan fingerprint density at radius 2 is 1.50 bits per heavy atom. The maximum atomic E-state index is 12.9. The van der Waals surface area contributed by atoms with Gasteiger partial charge in [0.15, 0.2) is 0 Å². The number of hydrogen-bond acceptors (Lipinski definition) is 7. The molecule has 0 aromatic heterocycles. The molecule has 0 fully saturated rings. The predicted molar refractivity (Wildman–Crippen MR) is 136 cm³/mol. The zero-order chi connectivity index (χ0) is 26.0. The van der Waals surface area contributed by atoms with Gasteiger partial charge in [-0.3, -0.25) is 9.36 Å². The fraction of sp³-hybridized carbons (Fsp3) is 0.259. The van der Waals surface area contributed by atoms with Crippen LogP contribution in [0.1, 0.15) is 27.0 Å². The molecule has 9 heteroatoms. The van der Waals surface area contributed by atoms with E-state index in [2.05, 4.69) is 5.32 Å². The molecule has 190 valence electrons. The van der Waals surface area contributed by atoms with Gasteiger partial charge in [-0.1, -0.05) is 54.6 Å². The van der Waals surface area contributed by atoms with Crippen LogP contribution in [-0.2, 0) is 42.3 Å². The average molecular weight is 512 g/mol. The molecule has 3 rings (SSSR count). The Balaban J connectivity index is 1.66. The van der Waals surface area contributed by atoms with Crippen molar-refractivity contribution in [2.45, 2.75) is 25.2 Å². The van der Waals surface area contributed by atoms with Gasteiger partial charge in [-0.25, -0.2) is 4.79 Å². The van der Waals surface area contributed by atoms with Crippen molar-refractivity contribution in [3.63, 3.8) is 0 Å². The summed E-state index contributed by atoms with van der Waals surface area (Å²) >= 11 is 0. The lowest BCUT2D eigenvalue weighted by molar-refractivity contribution is -0.142. The first-order chi connectivity index (χ1) is 17.4. The summed E-state index contributed by atoms with van der Waals surface area (Å²) in [4.78, 5) is 25.3. The molecule has 3 aromatic carbocycles. The SMILES string of the molecule is COC(=O)[C@H](Cc1cccc(OCc2ccccc2)c1)NC(=O)c1ccc(CP(=O)(OC)OC)cc1. The van der Waals surface area contributed by atoms with Crippen LogP contribution < -0.4 is 10.1 Å². The number of amides is 1. The Labute approximate surface area is 211 Å². The summed E-state index contributed by atoms with van der Waals surface area (Å²) in [5.41, 5.74) is 2.88. The number of ether oxygens (including phenoxy) is 2. The van der Waals surface area contributed by atoms with Crippen LogP contribution in [0.5, 0.6) is 5.75 Å². The van der Waals surface area contributed by atoms with Gasteiger partial charge in [0, 0.05) is 26.2 Å². The zero-order valence-corrected chi connectivity index (χ0v) is 21.4. The van der Waals surface area contributed by atoms with E-state index in [-0.39, 0.29) is 12.6 Å². The van der Waals surface area contributed by atoms with Crippen LogP contribution in [-0.4, -0.2) is 39.2 Å². The molecular weight excluding hydrogens is 481 g/mol. The molecule has 8 nitrogen and oxygen atoms in total. The first kappa shape index (κ1) is 27.1. The zero-order valence-electron chi connectivity index (χ0n) is 20.5. The minimum atomic E-state index is -3.22. The van der Waals surface area contributed by atoms with Gasteiger partial charge in [0.1, 0.15) is 18.4 Å². The lowest BCUT2D eigenvalue weighted by atomic mass is 10.0. The third kappa shape index (κ3) is 7.78. The minimum Gasteiger partial charge on any atom is -0.489 e. The second-order valence-electron chi connectivity index (χ2n) is 8.01. The number of carbonyl (C=O) groups is 2. The van der Waals surface area contributed by atoms with Crippen molar-refractivity contribution < 1.29 is 32.7 Å². The molecule has 0 aliphatic rings. The fourth-order valence-electron chi connectivity index (χ4n) is 3.50. The van der Waals surface area contributed by atoms with Gasteiger partial charge in [0.05, 0.1) is 13.3 Å². The smallest absolute Gasteiger partial charge is 0.334 e. The monoisotopic (exact) mass is 511 g/mol. The maximum absolute atomic E-state index is 12.9. The molecule has 0 radical (unpaired) electrons. The molecule has 0 aliphatic carbocycles. The minimum absolute atomic E-state index is 0.0787. The van der Waals surface area contributed by atoms with Crippen molar-refractivity contribution >= 4 is 19.5 Å². The Morgan fingerprint density at radius 3 is 2.14 bits per heavy atom. The molecule has 1 N–H and O–H groups in total. The highest BCUT2D eigenvalue weighted by Crippen LogP contribution is 2.49. The summed E-state index contributed by atoms with van der Waals surface area (Å²) in [6.07, 6.45) is 0.305. The predicted octanol–water partition coefficient (Wildman–Crippen LogP) is 4.77. The number of benzene rings is 3. The summed E-state index contributed by atoms with van der Waals surface area (Å²) in [6, 6.07) is 22.8. The largest absolute Gasteiger partial charge is 0.489 e. The van der Waals surface area contributed by atoms with Crippen LogP contribution in [0.2, 0.25) is 0 Å². The van der Waals surface area contributed by atoms with E-state index in [0.29, 0.717) is 23.5 Å². The highest BCUT2D eigenvalue weighted by molar-refractivity contribution is 7.52. The molecule has 0 spiro atoms. The first-order valence-corrected chi connectivity index (χ1v) is 13.0. The summed E-state index contributed by atoms with van der Waals surface area (Å²) in [7, 11) is 0.705. The average Bonchev–Trinajstić information content (AvgIpc) is 2.92. The van der Waals surface area contributed by atoms with Crippen LogP contribution >= 0.6 is 7.60 Å². The number of nitrogens with one attached hydrogen (secondary N) is 1. The normalized spacial score (nSPS) is 12.0. The van der Waals surface area contributed by atoms with Gasteiger partial charge in [-0.15, -0.1) is 0 Å². The van der Waals surface area contributed by atoms with Crippen molar-refractivity contribution in [2.75, 3.05) is 21.3 Å². The molecule has 1 atom stereocenters. The fourth-order valence-corrected chi connectivity index (χ4v) is 4.57. The lowest BCUT2D eigenvalue weighted by Crippen LogP contribution is -2.43. The molecule has 0 saturated carbocycles. The summed E-state index contributed by atoms with van der Waals surface area (Å²) in [6.45, 7) is 0.418. The second kappa shape index (κ2) is 13.0. The summed E-state index contributed by atoms with van der Waals surface area (Å²) < 4.78 is 33.0. The molecule has 0 unspecified atom stereocenters. The molecule has 3 aromatic rings. The number of hydrogen-bond donors (Lipinski definition) is 1. The molecular formula is C27H30NO7P. The van der Waals surface area contributed by atoms with E-state index in [0.717, 1.165) is 11.1 Å². The van der Waals surface area contributed by atoms with Crippen LogP contribution in [0.25, 0.3) is 0 Å². The second-order valence-corrected chi connectivity index (χ2v) is 10.3. The van der Waals surface area contributed by atoms with Gasteiger partial charge in [0.2, 0.25) is 0 Å². The van der Waals surface area contributed by atoms with Gasteiger partial charge in [-0.05, 0) is 41.0 Å². The molecule has 1 amide bonds. The Bertz CT molecular complexity index is 1190. The highest BCUT2D eigenvalue weighted by atomic mass is 31.2. The third-order valence-corrected chi connectivity index (χ3v) is 7.39. The van der Waals surface area contributed by atoms with Gasteiger partial charge in [0.25, 0.3) is 5.91 Å². The van der Waals surface area contributed by atoms with Gasteiger partial charge >= 0.3 is 13.6 Å². The summed E-state index contributed by atoms with van der Waals surface area (Å²) in [5, 5.41) is 2.74. The van der Waals surface area contributed by atoms with Gasteiger partial charge in [-0.2, -0.15) is 0 Å². The van der Waals surface area contributed by atoms with E-state index in [1.807, 2.05) is 54.6 Å². The maximum Gasteiger partial charge on any atom is 0.334 e. The molecule has 0 bridgehead atoms. The van der Waals surface area contributed by atoms with Crippen molar-refractivity contribution in [3.05, 3.63) is 101 Å². The Kier molecular flexibility index (Phi) is 9.82. The van der Waals surface area contributed by atoms with E-state index in [4.69, 9.17) is 18.5 Å². The number of rotatable bonds is 12. The molecule has 0 heterocycles. The van der Waals surface area contributed by atoms with E-state index in [9.17, 15) is 14.2 Å². The van der Waals surface area contributed by atoms with E-state index in [1.54, 1.807) is 24.3 Å². The molecule has 0 saturated heterocycles. The first-order valence-electron chi connectivity index (χ1n) is 11.3. The third-order valence-electron chi connectivity index (χ3n) is 5.53. The van der Waals surface area contributed by atoms with Gasteiger partial charge < -0.3 is 23.8 Å². The highest BCUT2D eigenvalue weighted by Gasteiger charge is 2.24. The number of esters is 1. The number of methoxy groups -OCH3 is 1. The van der Waals surface area contributed by atoms with Crippen molar-refractivity contribution in [3.8, 4) is 5.75 Å². The number of carbonyl (C=O) groups excluding carboxylic acids is 2. The standard InChI is InChI=1S/C27H30NO7P/c1-32-27(30)25(17-22-10-7-11-24(16-22)35-18-20-8-5-4-6-9-20)28-26(29)23-14-12-21(13-15-23)19-36(31,33-2)34-3/h4-16,25H,17-19H2,1-3H3,(H,28,29)/t25-/m0/s1. The Hall–Kier alpha value is -3.45. The van der Waals surface area contributed by atoms with Crippen molar-refractivity contribution in [1.29, 1.82) is 0 Å². The van der Waals surface area contributed by atoms with Crippen LogP contribution in [0, 0.1) is 0 Å². The Morgan fingerprint density at radius 1 is 0.833 bits per heavy atom. The van der Waals surface area contributed by atoms with Crippen molar-refractivity contribution in [2.24, 2.45) is 0 Å². The molecule has 0 aliphatic heterocycles. The van der Waals surface area contributed by atoms with Crippen LogP contribution in [0.3, 0.4) is 0 Å². The van der Waals surface area contributed by atoms with E-state index in [1.165, 1.54) is 21.3 Å². The quantitative estimate of drug-likeness (QED) is 0.276. The molecule has 36 heavy (non-hydrogen) atoms. The summed E-state index contributed by atoms with van der Waals surface area (Å²) in [5.74, 6) is -0.335. The topological polar surface area (TPSA) is 100 Å². The van der Waals surface area contributed by atoms with E-state index >= 15 is 0 Å². The van der Waals surface area contributed by atoms with Crippen molar-refractivity contribution in [1.82, 2.24) is 5.32 Å².